The SMILES string of the molecule is CC(C)Cc1cccc(C(=O)N2CCN(C(C)C)CC2)c1. The van der Waals surface area contributed by atoms with Gasteiger partial charge in [0, 0.05) is 37.8 Å². The van der Waals surface area contributed by atoms with E-state index in [0.29, 0.717) is 12.0 Å². The largest absolute Gasteiger partial charge is 0.336 e. The lowest BCUT2D eigenvalue weighted by atomic mass is 10.0. The molecule has 0 spiro atoms. The molecule has 0 bridgehead atoms. The Morgan fingerprint density at radius 1 is 1.10 bits per heavy atom. The van der Waals surface area contributed by atoms with Crippen LogP contribution >= 0.6 is 0 Å². The minimum absolute atomic E-state index is 0.184. The van der Waals surface area contributed by atoms with E-state index in [1.165, 1.54) is 5.56 Å². The highest BCUT2D eigenvalue weighted by Crippen LogP contribution is 2.14. The Hall–Kier alpha value is -1.35. The first-order valence-electron chi connectivity index (χ1n) is 8.09. The van der Waals surface area contributed by atoms with Crippen LogP contribution in [0.1, 0.15) is 43.6 Å². The zero-order valence-corrected chi connectivity index (χ0v) is 13.8. The molecule has 0 N–H and O–H groups in total. The molecule has 0 radical (unpaired) electrons. The molecular formula is C18H28N2O. The van der Waals surface area contributed by atoms with Crippen molar-refractivity contribution in [3.8, 4) is 0 Å². The van der Waals surface area contributed by atoms with E-state index < -0.39 is 0 Å². The standard InChI is InChI=1S/C18H28N2O/c1-14(2)12-16-6-5-7-17(13-16)18(21)20-10-8-19(9-11-20)15(3)4/h5-7,13-15H,8-12H2,1-4H3. The van der Waals surface area contributed by atoms with Gasteiger partial charge in [-0.25, -0.2) is 0 Å². The van der Waals surface area contributed by atoms with Gasteiger partial charge in [-0.05, 0) is 43.9 Å². The van der Waals surface area contributed by atoms with Gasteiger partial charge in [-0.3, -0.25) is 9.69 Å². The second-order valence-corrected chi connectivity index (χ2v) is 6.72. The molecule has 116 valence electrons. The molecule has 1 saturated heterocycles. The Morgan fingerprint density at radius 3 is 2.33 bits per heavy atom. The number of hydrogen-bond donors (Lipinski definition) is 0. The van der Waals surface area contributed by atoms with E-state index in [1.807, 2.05) is 17.0 Å². The summed E-state index contributed by atoms with van der Waals surface area (Å²) in [6.07, 6.45) is 1.03. The number of benzene rings is 1. The fraction of sp³-hybridized carbons (Fsp3) is 0.611. The van der Waals surface area contributed by atoms with Gasteiger partial charge in [0.15, 0.2) is 0 Å². The summed E-state index contributed by atoms with van der Waals surface area (Å²) in [5, 5.41) is 0. The number of carbonyl (C=O) groups is 1. The molecule has 1 aromatic rings. The summed E-state index contributed by atoms with van der Waals surface area (Å²) in [5.74, 6) is 0.800. The van der Waals surface area contributed by atoms with Crippen molar-refractivity contribution < 1.29 is 4.79 Å². The lowest BCUT2D eigenvalue weighted by molar-refractivity contribution is 0.0595. The molecule has 21 heavy (non-hydrogen) atoms. The van der Waals surface area contributed by atoms with Crippen molar-refractivity contribution in [1.29, 1.82) is 0 Å². The second kappa shape index (κ2) is 7.08. The van der Waals surface area contributed by atoms with Crippen LogP contribution in [0, 0.1) is 5.92 Å². The highest BCUT2D eigenvalue weighted by Gasteiger charge is 2.23. The molecule has 1 heterocycles. The van der Waals surface area contributed by atoms with E-state index in [0.717, 1.165) is 38.2 Å². The average molecular weight is 288 g/mol. The van der Waals surface area contributed by atoms with Crippen molar-refractivity contribution in [3.63, 3.8) is 0 Å². The Balaban J connectivity index is 2.00. The third kappa shape index (κ3) is 4.31. The molecule has 0 atom stereocenters. The van der Waals surface area contributed by atoms with Gasteiger partial charge in [0.05, 0.1) is 0 Å². The fourth-order valence-corrected chi connectivity index (χ4v) is 2.93. The zero-order valence-electron chi connectivity index (χ0n) is 13.8. The van der Waals surface area contributed by atoms with Gasteiger partial charge in [-0.15, -0.1) is 0 Å². The molecule has 3 heteroatoms. The monoisotopic (exact) mass is 288 g/mol. The summed E-state index contributed by atoms with van der Waals surface area (Å²) in [7, 11) is 0. The number of amides is 1. The first kappa shape index (κ1) is 16.0. The highest BCUT2D eigenvalue weighted by atomic mass is 16.2. The van der Waals surface area contributed by atoms with Crippen LogP contribution < -0.4 is 0 Å². The van der Waals surface area contributed by atoms with Gasteiger partial charge in [0.1, 0.15) is 0 Å². The van der Waals surface area contributed by atoms with E-state index in [9.17, 15) is 4.79 Å². The van der Waals surface area contributed by atoms with Crippen molar-refractivity contribution in [3.05, 3.63) is 35.4 Å². The van der Waals surface area contributed by atoms with Crippen LogP contribution in [0.25, 0.3) is 0 Å². The van der Waals surface area contributed by atoms with Gasteiger partial charge in [-0.1, -0.05) is 26.0 Å². The molecule has 0 aromatic heterocycles. The molecule has 2 rings (SSSR count). The average Bonchev–Trinajstić information content (AvgIpc) is 2.46. The number of hydrogen-bond acceptors (Lipinski definition) is 2. The minimum Gasteiger partial charge on any atom is -0.336 e. The van der Waals surface area contributed by atoms with Gasteiger partial charge < -0.3 is 4.90 Å². The molecule has 1 aromatic carbocycles. The van der Waals surface area contributed by atoms with Gasteiger partial charge in [0.25, 0.3) is 5.91 Å². The maximum absolute atomic E-state index is 12.6. The predicted octanol–water partition coefficient (Wildman–Crippen LogP) is 3.05. The molecule has 0 saturated carbocycles. The molecule has 1 amide bonds. The second-order valence-electron chi connectivity index (χ2n) is 6.72. The van der Waals surface area contributed by atoms with Crippen LogP contribution in [-0.2, 0) is 6.42 Å². The van der Waals surface area contributed by atoms with E-state index in [-0.39, 0.29) is 5.91 Å². The summed E-state index contributed by atoms with van der Waals surface area (Å²) in [4.78, 5) is 17.0. The van der Waals surface area contributed by atoms with Crippen molar-refractivity contribution >= 4 is 5.91 Å². The quantitative estimate of drug-likeness (QED) is 0.850. The topological polar surface area (TPSA) is 23.6 Å². The molecule has 1 aliphatic rings. The molecule has 0 aliphatic carbocycles. The van der Waals surface area contributed by atoms with Crippen LogP contribution in [-0.4, -0.2) is 47.9 Å². The van der Waals surface area contributed by atoms with Crippen LogP contribution in [0.3, 0.4) is 0 Å². The van der Waals surface area contributed by atoms with E-state index >= 15 is 0 Å². The van der Waals surface area contributed by atoms with Crippen LogP contribution in [0.4, 0.5) is 0 Å². The Bertz CT molecular complexity index is 474. The summed E-state index contributed by atoms with van der Waals surface area (Å²) in [5.41, 5.74) is 2.10. The van der Waals surface area contributed by atoms with Crippen molar-refractivity contribution in [2.24, 2.45) is 5.92 Å². The van der Waals surface area contributed by atoms with Crippen LogP contribution in [0.5, 0.6) is 0 Å². The third-order valence-electron chi connectivity index (χ3n) is 4.15. The summed E-state index contributed by atoms with van der Waals surface area (Å²) in [6.45, 7) is 12.5. The lowest BCUT2D eigenvalue weighted by Crippen LogP contribution is -2.50. The van der Waals surface area contributed by atoms with Gasteiger partial charge >= 0.3 is 0 Å². The van der Waals surface area contributed by atoms with Gasteiger partial charge in [0.2, 0.25) is 0 Å². The number of carbonyl (C=O) groups excluding carboxylic acids is 1. The first-order chi connectivity index (χ1) is 9.97. The first-order valence-corrected chi connectivity index (χ1v) is 8.09. The van der Waals surface area contributed by atoms with Crippen molar-refractivity contribution in [1.82, 2.24) is 9.80 Å². The normalized spacial score (nSPS) is 16.8. The van der Waals surface area contributed by atoms with Crippen LogP contribution in [0.2, 0.25) is 0 Å². The molecule has 1 fully saturated rings. The molecular weight excluding hydrogens is 260 g/mol. The van der Waals surface area contributed by atoms with Crippen molar-refractivity contribution in [2.45, 2.75) is 40.2 Å². The van der Waals surface area contributed by atoms with E-state index in [2.05, 4.69) is 44.7 Å². The fourth-order valence-electron chi connectivity index (χ4n) is 2.93. The summed E-state index contributed by atoms with van der Waals surface area (Å²) >= 11 is 0. The minimum atomic E-state index is 0.184. The van der Waals surface area contributed by atoms with E-state index in [4.69, 9.17) is 0 Å². The predicted molar refractivity (Wildman–Crippen MR) is 87.6 cm³/mol. The van der Waals surface area contributed by atoms with Gasteiger partial charge in [-0.2, -0.15) is 0 Å². The Labute approximate surface area is 128 Å². The lowest BCUT2D eigenvalue weighted by Gasteiger charge is -2.37. The molecule has 0 unspecified atom stereocenters. The Morgan fingerprint density at radius 2 is 1.76 bits per heavy atom. The number of piperazine rings is 1. The third-order valence-corrected chi connectivity index (χ3v) is 4.15. The molecule has 1 aliphatic heterocycles. The summed E-state index contributed by atoms with van der Waals surface area (Å²) < 4.78 is 0. The zero-order chi connectivity index (χ0) is 15.4. The Kier molecular flexibility index (Phi) is 5.40. The van der Waals surface area contributed by atoms with Crippen LogP contribution in [0.15, 0.2) is 24.3 Å². The number of rotatable bonds is 4. The summed E-state index contributed by atoms with van der Waals surface area (Å²) in [6, 6.07) is 8.71. The van der Waals surface area contributed by atoms with Crippen molar-refractivity contribution in [2.75, 3.05) is 26.2 Å². The maximum Gasteiger partial charge on any atom is 0.253 e. The molecule has 3 nitrogen and oxygen atoms in total. The highest BCUT2D eigenvalue weighted by molar-refractivity contribution is 5.94. The van der Waals surface area contributed by atoms with E-state index in [1.54, 1.807) is 0 Å². The maximum atomic E-state index is 12.6. The smallest absolute Gasteiger partial charge is 0.253 e. The number of nitrogens with zero attached hydrogens (tertiary/aromatic N) is 2.